The van der Waals surface area contributed by atoms with E-state index in [-0.39, 0.29) is 11.7 Å². The van der Waals surface area contributed by atoms with E-state index in [2.05, 4.69) is 13.8 Å². The average molecular weight is 261 g/mol. The molecule has 0 aliphatic heterocycles. The number of hydrogen-bond acceptors (Lipinski definition) is 2. The quantitative estimate of drug-likeness (QED) is 0.883. The summed E-state index contributed by atoms with van der Waals surface area (Å²) >= 11 is 0. The molecule has 0 aromatic heterocycles. The number of carbonyl (C=O) groups is 1. The first kappa shape index (κ1) is 13.9. The van der Waals surface area contributed by atoms with Gasteiger partial charge < -0.3 is 10.0 Å². The second-order valence-corrected chi connectivity index (χ2v) is 5.91. The normalized spacial score (nSPS) is 14.7. The van der Waals surface area contributed by atoms with Gasteiger partial charge >= 0.3 is 0 Å². The van der Waals surface area contributed by atoms with Crippen molar-refractivity contribution in [2.24, 2.45) is 5.92 Å². The minimum absolute atomic E-state index is 0.103. The molecule has 1 aromatic carbocycles. The van der Waals surface area contributed by atoms with Gasteiger partial charge in [0.15, 0.2) is 0 Å². The lowest BCUT2D eigenvalue weighted by atomic mass is 10.1. The molecule has 104 valence electrons. The molecular formula is C16H23NO2. The summed E-state index contributed by atoms with van der Waals surface area (Å²) in [5.74, 6) is 0.957. The van der Waals surface area contributed by atoms with Gasteiger partial charge in [0.2, 0.25) is 0 Å². The van der Waals surface area contributed by atoms with Crippen molar-refractivity contribution in [3.63, 3.8) is 0 Å². The molecule has 1 aromatic rings. The Morgan fingerprint density at radius 2 is 2.11 bits per heavy atom. The van der Waals surface area contributed by atoms with Gasteiger partial charge in [0.1, 0.15) is 5.75 Å². The molecule has 0 spiro atoms. The monoisotopic (exact) mass is 261 g/mol. The minimum atomic E-state index is 0.103. The summed E-state index contributed by atoms with van der Waals surface area (Å²) in [4.78, 5) is 14.6. The van der Waals surface area contributed by atoms with Gasteiger partial charge in [-0.05, 0) is 55.9 Å². The first-order valence-electron chi connectivity index (χ1n) is 7.09. The summed E-state index contributed by atoms with van der Waals surface area (Å²) in [6, 6.07) is 5.54. The van der Waals surface area contributed by atoms with Crippen LogP contribution in [-0.2, 0) is 0 Å². The number of rotatable bonds is 5. The van der Waals surface area contributed by atoms with Crippen LogP contribution in [0.15, 0.2) is 18.2 Å². The summed E-state index contributed by atoms with van der Waals surface area (Å²) in [5, 5.41) is 9.54. The fourth-order valence-electron chi connectivity index (χ4n) is 2.19. The third kappa shape index (κ3) is 3.49. The highest BCUT2D eigenvalue weighted by Crippen LogP contribution is 2.29. The number of hydrogen-bond donors (Lipinski definition) is 1. The highest BCUT2D eigenvalue weighted by molar-refractivity contribution is 5.95. The van der Waals surface area contributed by atoms with Gasteiger partial charge in [0, 0.05) is 18.2 Å². The Kier molecular flexibility index (Phi) is 4.13. The van der Waals surface area contributed by atoms with Crippen LogP contribution >= 0.6 is 0 Å². The number of amides is 1. The van der Waals surface area contributed by atoms with Gasteiger partial charge in [-0.1, -0.05) is 13.8 Å². The maximum absolute atomic E-state index is 12.5. The highest BCUT2D eigenvalue weighted by atomic mass is 16.3. The molecule has 0 saturated heterocycles. The van der Waals surface area contributed by atoms with Crippen LogP contribution in [0.25, 0.3) is 0 Å². The lowest BCUT2D eigenvalue weighted by Crippen LogP contribution is -2.34. The fraction of sp³-hybridized carbons (Fsp3) is 0.562. The lowest BCUT2D eigenvalue weighted by molar-refractivity contribution is 0.0735. The van der Waals surface area contributed by atoms with Gasteiger partial charge in [-0.3, -0.25) is 4.79 Å². The van der Waals surface area contributed by atoms with E-state index in [0.717, 1.165) is 31.4 Å². The van der Waals surface area contributed by atoms with Crippen molar-refractivity contribution in [2.75, 3.05) is 6.54 Å². The fourth-order valence-corrected chi connectivity index (χ4v) is 2.19. The van der Waals surface area contributed by atoms with Crippen LogP contribution in [0.1, 0.15) is 49.0 Å². The van der Waals surface area contributed by atoms with Crippen LogP contribution in [0.2, 0.25) is 0 Å². The van der Waals surface area contributed by atoms with Crippen molar-refractivity contribution >= 4 is 5.91 Å². The number of aromatic hydroxyl groups is 1. The second kappa shape index (κ2) is 5.64. The molecule has 0 radical (unpaired) electrons. The number of carbonyl (C=O) groups excluding carboxylic acids is 1. The minimum Gasteiger partial charge on any atom is -0.508 e. The largest absolute Gasteiger partial charge is 0.508 e. The summed E-state index contributed by atoms with van der Waals surface area (Å²) < 4.78 is 0. The molecule has 3 heteroatoms. The van der Waals surface area contributed by atoms with Crippen LogP contribution in [0, 0.1) is 12.8 Å². The summed E-state index contributed by atoms with van der Waals surface area (Å²) in [6.07, 6.45) is 3.29. The van der Waals surface area contributed by atoms with Crippen LogP contribution in [0.3, 0.4) is 0 Å². The zero-order valence-corrected chi connectivity index (χ0v) is 12.0. The predicted octanol–water partition coefficient (Wildman–Crippen LogP) is 3.35. The van der Waals surface area contributed by atoms with Crippen molar-refractivity contribution in [3.8, 4) is 5.75 Å². The maximum atomic E-state index is 12.5. The number of nitrogens with zero attached hydrogens (tertiary/aromatic N) is 1. The van der Waals surface area contributed by atoms with Crippen molar-refractivity contribution in [3.05, 3.63) is 29.3 Å². The molecular weight excluding hydrogens is 238 g/mol. The van der Waals surface area contributed by atoms with Crippen LogP contribution in [0.5, 0.6) is 5.75 Å². The molecule has 1 amide bonds. The average Bonchev–Trinajstić information content (AvgIpc) is 3.16. The van der Waals surface area contributed by atoms with Crippen LogP contribution in [-0.4, -0.2) is 28.5 Å². The SMILES string of the molecule is Cc1cc(C(=O)N(CCC(C)C)C2CC2)ccc1O. The third-order valence-electron chi connectivity index (χ3n) is 3.64. The zero-order valence-electron chi connectivity index (χ0n) is 12.0. The Morgan fingerprint density at radius 1 is 1.42 bits per heavy atom. The maximum Gasteiger partial charge on any atom is 0.254 e. The first-order valence-corrected chi connectivity index (χ1v) is 7.09. The first-order chi connectivity index (χ1) is 8.99. The standard InChI is InChI=1S/C16H23NO2/c1-11(2)8-9-17(14-5-6-14)16(19)13-4-7-15(18)12(3)10-13/h4,7,10-11,14,18H,5-6,8-9H2,1-3H3. The van der Waals surface area contributed by atoms with E-state index >= 15 is 0 Å². The molecule has 3 nitrogen and oxygen atoms in total. The van der Waals surface area contributed by atoms with E-state index in [1.165, 1.54) is 0 Å². The smallest absolute Gasteiger partial charge is 0.254 e. The van der Waals surface area contributed by atoms with Crippen molar-refractivity contribution in [2.45, 2.75) is 46.1 Å². The van der Waals surface area contributed by atoms with E-state index in [1.807, 2.05) is 11.8 Å². The molecule has 19 heavy (non-hydrogen) atoms. The Hall–Kier alpha value is -1.51. The number of benzene rings is 1. The molecule has 1 aliphatic carbocycles. The Morgan fingerprint density at radius 3 is 2.63 bits per heavy atom. The summed E-state index contributed by atoms with van der Waals surface area (Å²) in [6.45, 7) is 7.02. The van der Waals surface area contributed by atoms with Crippen LogP contribution in [0.4, 0.5) is 0 Å². The second-order valence-electron chi connectivity index (χ2n) is 5.91. The molecule has 1 saturated carbocycles. The van der Waals surface area contributed by atoms with Gasteiger partial charge in [-0.2, -0.15) is 0 Å². The Balaban J connectivity index is 2.12. The molecule has 1 fully saturated rings. The highest BCUT2D eigenvalue weighted by Gasteiger charge is 2.32. The van der Waals surface area contributed by atoms with Crippen molar-refractivity contribution < 1.29 is 9.90 Å². The van der Waals surface area contributed by atoms with Gasteiger partial charge in [-0.15, -0.1) is 0 Å². The van der Waals surface area contributed by atoms with Gasteiger partial charge in [0.05, 0.1) is 0 Å². The van der Waals surface area contributed by atoms with E-state index in [9.17, 15) is 9.90 Å². The van der Waals surface area contributed by atoms with Crippen molar-refractivity contribution in [1.29, 1.82) is 0 Å². The molecule has 1 N–H and O–H groups in total. The third-order valence-corrected chi connectivity index (χ3v) is 3.64. The van der Waals surface area contributed by atoms with Gasteiger partial charge in [0.25, 0.3) is 5.91 Å². The molecule has 0 heterocycles. The van der Waals surface area contributed by atoms with Crippen LogP contribution < -0.4 is 0 Å². The van der Waals surface area contributed by atoms with E-state index < -0.39 is 0 Å². The Bertz CT molecular complexity index is 464. The molecule has 2 rings (SSSR count). The summed E-state index contributed by atoms with van der Waals surface area (Å²) in [7, 11) is 0. The van der Waals surface area contributed by atoms with E-state index in [4.69, 9.17) is 0 Å². The number of aryl methyl sites for hydroxylation is 1. The predicted molar refractivity (Wildman–Crippen MR) is 76.4 cm³/mol. The molecule has 0 unspecified atom stereocenters. The van der Waals surface area contributed by atoms with E-state index in [0.29, 0.717) is 17.5 Å². The van der Waals surface area contributed by atoms with E-state index in [1.54, 1.807) is 18.2 Å². The summed E-state index contributed by atoms with van der Waals surface area (Å²) in [5.41, 5.74) is 1.44. The topological polar surface area (TPSA) is 40.5 Å². The zero-order chi connectivity index (χ0) is 14.0. The Labute approximate surface area is 115 Å². The lowest BCUT2D eigenvalue weighted by Gasteiger charge is -2.23. The van der Waals surface area contributed by atoms with Crippen molar-refractivity contribution in [1.82, 2.24) is 4.90 Å². The molecule has 0 atom stereocenters. The number of phenolic OH excluding ortho intramolecular Hbond substituents is 1. The molecule has 0 bridgehead atoms. The number of phenols is 1. The van der Waals surface area contributed by atoms with Gasteiger partial charge in [-0.25, -0.2) is 0 Å². The molecule has 1 aliphatic rings.